The van der Waals surface area contributed by atoms with Crippen LogP contribution in [0.4, 0.5) is 0 Å². The van der Waals surface area contributed by atoms with E-state index in [0.29, 0.717) is 5.82 Å². The van der Waals surface area contributed by atoms with Gasteiger partial charge in [-0.1, -0.05) is 164 Å². The molecular weight excluding hydrogens is 548 g/mol. The van der Waals surface area contributed by atoms with E-state index in [2.05, 4.69) is 91.0 Å². The number of carbonyl (C=O) groups is 1. The first kappa shape index (κ1) is 26.7. The largest absolute Gasteiger partial charge is 0.289 e. The first-order chi connectivity index (χ1) is 22.2. The Hall–Kier alpha value is -5.93. The summed E-state index contributed by atoms with van der Waals surface area (Å²) < 4.78 is 0. The Morgan fingerprint density at radius 1 is 0.400 bits per heavy atom. The molecule has 212 valence electrons. The average molecular weight is 577 g/mol. The van der Waals surface area contributed by atoms with Crippen molar-refractivity contribution in [3.8, 4) is 33.9 Å². The lowest BCUT2D eigenvalue weighted by molar-refractivity contribution is 0.103. The summed E-state index contributed by atoms with van der Waals surface area (Å²) in [7, 11) is 0. The molecule has 0 fully saturated rings. The SMILES string of the molecule is O=C1c2ccccc2C(c2ccccc2)(c2ccc(-c3nc(-c4ccccc4)cc(-c4ccccc4)n3)cc2)c2ccccc21. The molecule has 3 nitrogen and oxygen atoms in total. The van der Waals surface area contributed by atoms with Gasteiger partial charge in [0.2, 0.25) is 0 Å². The minimum atomic E-state index is -0.678. The number of rotatable bonds is 5. The van der Waals surface area contributed by atoms with Gasteiger partial charge in [-0.05, 0) is 28.3 Å². The number of nitrogens with zero attached hydrogens (tertiary/aromatic N) is 2. The van der Waals surface area contributed by atoms with Crippen LogP contribution in [0.15, 0.2) is 170 Å². The van der Waals surface area contributed by atoms with Crippen molar-refractivity contribution in [3.63, 3.8) is 0 Å². The van der Waals surface area contributed by atoms with Crippen LogP contribution in [0.25, 0.3) is 33.9 Å². The highest BCUT2D eigenvalue weighted by Gasteiger charge is 2.46. The number of hydrogen-bond acceptors (Lipinski definition) is 3. The molecule has 1 heterocycles. The van der Waals surface area contributed by atoms with Gasteiger partial charge in [-0.3, -0.25) is 4.79 Å². The second-order valence-electron chi connectivity index (χ2n) is 11.3. The number of carbonyl (C=O) groups excluding carboxylic acids is 1. The quantitative estimate of drug-likeness (QED) is 0.205. The summed E-state index contributed by atoms with van der Waals surface area (Å²) in [4.78, 5) is 23.9. The standard InChI is InChI=1S/C42H28N2O/c45-40-34-20-10-12-22-36(34)42(32-18-8-3-9-19-32,37-23-13-11-21-35(37)40)33-26-24-31(25-27-33)41-43-38(29-14-4-1-5-15-29)28-39(44-41)30-16-6-2-7-17-30/h1-28H. The van der Waals surface area contributed by atoms with Crippen LogP contribution in [-0.2, 0) is 5.41 Å². The highest BCUT2D eigenvalue weighted by molar-refractivity contribution is 6.14. The van der Waals surface area contributed by atoms with Crippen LogP contribution in [0.5, 0.6) is 0 Å². The number of fused-ring (bicyclic) bond motifs is 2. The third-order valence-corrected chi connectivity index (χ3v) is 8.80. The van der Waals surface area contributed by atoms with Gasteiger partial charge in [0.05, 0.1) is 16.8 Å². The van der Waals surface area contributed by atoms with Gasteiger partial charge in [-0.2, -0.15) is 0 Å². The third-order valence-electron chi connectivity index (χ3n) is 8.80. The van der Waals surface area contributed by atoms with Crippen molar-refractivity contribution in [3.05, 3.63) is 203 Å². The lowest BCUT2D eigenvalue weighted by Crippen LogP contribution is -2.38. The van der Waals surface area contributed by atoms with Crippen LogP contribution in [0.1, 0.15) is 38.2 Å². The van der Waals surface area contributed by atoms with Crippen molar-refractivity contribution in [2.45, 2.75) is 5.41 Å². The zero-order chi connectivity index (χ0) is 30.2. The van der Waals surface area contributed by atoms with Crippen molar-refractivity contribution in [1.82, 2.24) is 9.97 Å². The molecule has 1 aliphatic carbocycles. The zero-order valence-corrected chi connectivity index (χ0v) is 24.5. The summed E-state index contributed by atoms with van der Waals surface area (Å²) in [5.74, 6) is 0.721. The molecule has 45 heavy (non-hydrogen) atoms. The number of aromatic nitrogens is 2. The summed E-state index contributed by atoms with van der Waals surface area (Å²) in [5, 5.41) is 0. The Kier molecular flexibility index (Phi) is 6.50. The summed E-state index contributed by atoms with van der Waals surface area (Å²) in [6.45, 7) is 0. The smallest absolute Gasteiger partial charge is 0.193 e. The van der Waals surface area contributed by atoms with Crippen molar-refractivity contribution in [1.29, 1.82) is 0 Å². The van der Waals surface area contributed by atoms with Crippen LogP contribution in [0.2, 0.25) is 0 Å². The van der Waals surface area contributed by atoms with Crippen LogP contribution < -0.4 is 0 Å². The molecule has 0 radical (unpaired) electrons. The molecular formula is C42H28N2O. The number of ketones is 1. The molecule has 0 unspecified atom stereocenters. The van der Waals surface area contributed by atoms with Gasteiger partial charge in [-0.15, -0.1) is 0 Å². The molecule has 0 amide bonds. The predicted octanol–water partition coefficient (Wildman–Crippen LogP) is 9.40. The molecule has 0 spiro atoms. The van der Waals surface area contributed by atoms with Gasteiger partial charge < -0.3 is 0 Å². The molecule has 0 N–H and O–H groups in total. The van der Waals surface area contributed by atoms with Gasteiger partial charge in [0.1, 0.15) is 0 Å². The molecule has 0 aliphatic heterocycles. The number of hydrogen-bond donors (Lipinski definition) is 0. The highest BCUT2D eigenvalue weighted by Crippen LogP contribution is 2.50. The second-order valence-corrected chi connectivity index (χ2v) is 11.3. The summed E-state index contributed by atoms with van der Waals surface area (Å²) in [5.41, 5.74) is 9.69. The molecule has 6 aromatic carbocycles. The van der Waals surface area contributed by atoms with Crippen LogP contribution in [0, 0.1) is 0 Å². The highest BCUT2D eigenvalue weighted by atomic mass is 16.1. The molecule has 0 saturated carbocycles. The fourth-order valence-corrected chi connectivity index (χ4v) is 6.74. The van der Waals surface area contributed by atoms with E-state index in [0.717, 1.165) is 61.5 Å². The van der Waals surface area contributed by atoms with Gasteiger partial charge in [0, 0.05) is 27.8 Å². The minimum Gasteiger partial charge on any atom is -0.289 e. The van der Waals surface area contributed by atoms with Crippen molar-refractivity contribution in [2.24, 2.45) is 0 Å². The minimum absolute atomic E-state index is 0.0592. The monoisotopic (exact) mass is 576 g/mol. The number of benzene rings is 6. The second kappa shape index (κ2) is 11.0. The van der Waals surface area contributed by atoms with E-state index in [1.54, 1.807) is 0 Å². The Morgan fingerprint density at radius 3 is 1.33 bits per heavy atom. The van der Waals surface area contributed by atoms with E-state index < -0.39 is 5.41 Å². The van der Waals surface area contributed by atoms with Crippen LogP contribution >= 0.6 is 0 Å². The fourth-order valence-electron chi connectivity index (χ4n) is 6.74. The van der Waals surface area contributed by atoms with E-state index in [-0.39, 0.29) is 5.78 Å². The zero-order valence-electron chi connectivity index (χ0n) is 24.5. The molecule has 1 aliphatic rings. The lowest BCUT2D eigenvalue weighted by atomic mass is 9.59. The fraction of sp³-hybridized carbons (Fsp3) is 0.0238. The molecule has 3 heteroatoms. The predicted molar refractivity (Wildman–Crippen MR) is 180 cm³/mol. The first-order valence-corrected chi connectivity index (χ1v) is 15.1. The van der Waals surface area contributed by atoms with Gasteiger partial charge in [0.15, 0.2) is 11.6 Å². The molecule has 7 aromatic rings. The Labute approximate surface area is 262 Å². The first-order valence-electron chi connectivity index (χ1n) is 15.1. The van der Waals surface area contributed by atoms with E-state index in [4.69, 9.17) is 9.97 Å². The molecule has 0 saturated heterocycles. The van der Waals surface area contributed by atoms with Gasteiger partial charge in [-0.25, -0.2) is 9.97 Å². The third kappa shape index (κ3) is 4.40. The maximum Gasteiger partial charge on any atom is 0.193 e. The Morgan fingerprint density at radius 2 is 0.822 bits per heavy atom. The Bertz CT molecular complexity index is 2050. The van der Waals surface area contributed by atoms with Gasteiger partial charge >= 0.3 is 0 Å². The van der Waals surface area contributed by atoms with Crippen molar-refractivity contribution >= 4 is 5.78 Å². The normalized spacial score (nSPS) is 13.1. The van der Waals surface area contributed by atoms with E-state index in [9.17, 15) is 4.79 Å². The lowest BCUT2D eigenvalue weighted by Gasteiger charge is -2.41. The van der Waals surface area contributed by atoms with Crippen molar-refractivity contribution in [2.75, 3.05) is 0 Å². The molecule has 8 rings (SSSR count). The summed E-state index contributed by atoms with van der Waals surface area (Å²) in [6, 6.07) is 57.6. The maximum absolute atomic E-state index is 13.8. The summed E-state index contributed by atoms with van der Waals surface area (Å²) >= 11 is 0. The van der Waals surface area contributed by atoms with Crippen molar-refractivity contribution < 1.29 is 4.79 Å². The van der Waals surface area contributed by atoms with E-state index in [1.807, 2.05) is 78.9 Å². The average Bonchev–Trinajstić information content (AvgIpc) is 3.13. The van der Waals surface area contributed by atoms with Crippen LogP contribution in [-0.4, -0.2) is 15.8 Å². The van der Waals surface area contributed by atoms with Crippen LogP contribution in [0.3, 0.4) is 0 Å². The topological polar surface area (TPSA) is 42.9 Å². The van der Waals surface area contributed by atoms with Gasteiger partial charge in [0.25, 0.3) is 0 Å². The molecule has 1 aromatic heterocycles. The maximum atomic E-state index is 13.8. The van der Waals surface area contributed by atoms with E-state index in [1.165, 1.54) is 0 Å². The Balaban J connectivity index is 1.34. The van der Waals surface area contributed by atoms with E-state index >= 15 is 0 Å². The molecule has 0 bridgehead atoms. The molecule has 0 atom stereocenters. The summed E-state index contributed by atoms with van der Waals surface area (Å²) in [6.07, 6.45) is 0.